The molecule has 8 heteroatoms. The number of nitrogens with zero attached hydrogens (tertiary/aromatic N) is 3. The molecule has 0 aliphatic heterocycles. The van der Waals surface area contributed by atoms with Crippen molar-refractivity contribution in [3.63, 3.8) is 0 Å². The lowest BCUT2D eigenvalue weighted by molar-refractivity contribution is 0.0924. The van der Waals surface area contributed by atoms with E-state index in [1.165, 1.54) is 27.6 Å². The third-order valence-corrected chi connectivity index (χ3v) is 3.50. The van der Waals surface area contributed by atoms with Crippen LogP contribution in [0, 0.1) is 5.82 Å². The predicted molar refractivity (Wildman–Crippen MR) is 83.9 cm³/mol. The van der Waals surface area contributed by atoms with Gasteiger partial charge in [0.25, 0.3) is 5.91 Å². The lowest BCUT2D eigenvalue weighted by atomic mass is 10.2. The number of rotatable bonds is 5. The third-order valence-electron chi connectivity index (χ3n) is 3.50. The fraction of sp³-hybridized carbons (Fsp3) is 0.188. The number of benzene rings is 1. The summed E-state index contributed by atoms with van der Waals surface area (Å²) < 4.78 is 20.6. The maximum Gasteiger partial charge on any atom is 0.345 e. The molecule has 0 saturated carbocycles. The Hall–Kier alpha value is -3.16. The number of halogens is 1. The molecule has 2 aromatic heterocycles. The first kappa shape index (κ1) is 15.7. The quantitative estimate of drug-likeness (QED) is 0.767. The van der Waals surface area contributed by atoms with Gasteiger partial charge in [0.05, 0.1) is 12.8 Å². The van der Waals surface area contributed by atoms with Gasteiger partial charge in [-0.25, -0.2) is 13.9 Å². The Bertz CT molecular complexity index is 895. The van der Waals surface area contributed by atoms with E-state index in [4.69, 9.17) is 4.42 Å². The van der Waals surface area contributed by atoms with E-state index in [2.05, 4.69) is 10.4 Å². The molecular formula is C16H15FN4O3. The van der Waals surface area contributed by atoms with Crippen LogP contribution in [0.2, 0.25) is 0 Å². The van der Waals surface area contributed by atoms with E-state index in [0.717, 1.165) is 0 Å². The van der Waals surface area contributed by atoms with Gasteiger partial charge < -0.3 is 9.73 Å². The summed E-state index contributed by atoms with van der Waals surface area (Å²) in [7, 11) is 1.59. The maximum absolute atomic E-state index is 13.0. The number of hydrogen-bond donors (Lipinski definition) is 1. The highest BCUT2D eigenvalue weighted by Crippen LogP contribution is 2.15. The van der Waals surface area contributed by atoms with Crippen molar-refractivity contribution in [2.45, 2.75) is 6.54 Å². The number of nitrogens with one attached hydrogen (secondary N) is 1. The minimum atomic E-state index is -0.359. The van der Waals surface area contributed by atoms with Gasteiger partial charge in [-0.1, -0.05) is 0 Å². The van der Waals surface area contributed by atoms with Gasteiger partial charge in [-0.15, -0.1) is 5.10 Å². The fourth-order valence-corrected chi connectivity index (χ4v) is 2.25. The van der Waals surface area contributed by atoms with Crippen LogP contribution in [0.1, 0.15) is 10.6 Å². The molecule has 0 aliphatic rings. The summed E-state index contributed by atoms with van der Waals surface area (Å²) in [5, 5.41) is 6.88. The summed E-state index contributed by atoms with van der Waals surface area (Å²) in [5.41, 5.74) is 0.316. The van der Waals surface area contributed by atoms with Crippen LogP contribution in [0.15, 0.2) is 51.9 Å². The molecule has 1 N–H and O–H groups in total. The number of furan rings is 1. The molecule has 124 valence electrons. The van der Waals surface area contributed by atoms with Gasteiger partial charge in [0, 0.05) is 19.2 Å². The van der Waals surface area contributed by atoms with Crippen molar-refractivity contribution in [1.29, 1.82) is 0 Å². The Morgan fingerprint density at radius 2 is 2.04 bits per heavy atom. The number of amides is 1. The normalized spacial score (nSPS) is 10.8. The first-order valence-electron chi connectivity index (χ1n) is 7.28. The maximum atomic E-state index is 13.0. The van der Waals surface area contributed by atoms with Crippen molar-refractivity contribution in [2.75, 3.05) is 6.54 Å². The molecule has 0 saturated heterocycles. The predicted octanol–water partition coefficient (Wildman–Crippen LogP) is 1.41. The Balaban J connectivity index is 1.71. The second kappa shape index (κ2) is 6.53. The third kappa shape index (κ3) is 3.12. The molecule has 0 radical (unpaired) electrons. The van der Waals surface area contributed by atoms with E-state index in [1.54, 1.807) is 31.3 Å². The molecule has 0 unspecified atom stereocenters. The molecule has 0 spiro atoms. The van der Waals surface area contributed by atoms with Crippen LogP contribution >= 0.6 is 0 Å². The van der Waals surface area contributed by atoms with Crippen molar-refractivity contribution in [3.8, 4) is 11.4 Å². The van der Waals surface area contributed by atoms with Crippen LogP contribution in [0.3, 0.4) is 0 Å². The topological polar surface area (TPSA) is 82.1 Å². The summed E-state index contributed by atoms with van der Waals surface area (Å²) in [4.78, 5) is 23.9. The summed E-state index contributed by atoms with van der Waals surface area (Å²) in [5.74, 6) is -0.0840. The minimum absolute atomic E-state index is 0.204. The highest BCUT2D eigenvalue weighted by atomic mass is 19.1. The van der Waals surface area contributed by atoms with Crippen LogP contribution in [-0.2, 0) is 13.6 Å². The SMILES string of the molecule is Cn1c(-c2ccc(F)cc2)nn(CCNC(=O)c2ccco2)c1=O. The molecule has 1 aromatic carbocycles. The van der Waals surface area contributed by atoms with E-state index in [9.17, 15) is 14.0 Å². The van der Waals surface area contributed by atoms with Gasteiger partial charge in [-0.2, -0.15) is 0 Å². The molecule has 0 aliphatic carbocycles. The molecule has 0 fully saturated rings. The van der Waals surface area contributed by atoms with Crippen LogP contribution in [0.25, 0.3) is 11.4 Å². The lowest BCUT2D eigenvalue weighted by Crippen LogP contribution is -2.31. The van der Waals surface area contributed by atoms with Crippen molar-refractivity contribution in [2.24, 2.45) is 7.05 Å². The zero-order valence-electron chi connectivity index (χ0n) is 12.9. The summed E-state index contributed by atoms with van der Waals surface area (Å²) in [6.07, 6.45) is 1.41. The second-order valence-electron chi connectivity index (χ2n) is 5.13. The van der Waals surface area contributed by atoms with Crippen LogP contribution in [0.4, 0.5) is 4.39 Å². The van der Waals surface area contributed by atoms with E-state index in [0.29, 0.717) is 11.4 Å². The van der Waals surface area contributed by atoms with Crippen molar-refractivity contribution >= 4 is 5.91 Å². The van der Waals surface area contributed by atoms with Gasteiger partial charge in [0.2, 0.25) is 0 Å². The van der Waals surface area contributed by atoms with Crippen molar-refractivity contribution in [1.82, 2.24) is 19.7 Å². The molecule has 7 nitrogen and oxygen atoms in total. The van der Waals surface area contributed by atoms with E-state index in [1.807, 2.05) is 0 Å². The fourth-order valence-electron chi connectivity index (χ4n) is 2.25. The van der Waals surface area contributed by atoms with Gasteiger partial charge in [0.15, 0.2) is 11.6 Å². The van der Waals surface area contributed by atoms with Crippen LogP contribution < -0.4 is 11.0 Å². The Kier molecular flexibility index (Phi) is 4.28. The first-order chi connectivity index (χ1) is 11.6. The highest BCUT2D eigenvalue weighted by Gasteiger charge is 2.13. The highest BCUT2D eigenvalue weighted by molar-refractivity contribution is 5.91. The largest absolute Gasteiger partial charge is 0.459 e. The van der Waals surface area contributed by atoms with Crippen molar-refractivity contribution < 1.29 is 13.6 Å². The summed E-state index contributed by atoms with van der Waals surface area (Å²) >= 11 is 0. The molecule has 24 heavy (non-hydrogen) atoms. The summed E-state index contributed by atoms with van der Waals surface area (Å²) in [6.45, 7) is 0.430. The standard InChI is InChI=1S/C16H15FN4O3/c1-20-14(11-4-6-12(17)7-5-11)19-21(16(20)23)9-8-18-15(22)13-3-2-10-24-13/h2-7,10H,8-9H2,1H3,(H,18,22). The van der Waals surface area contributed by atoms with Gasteiger partial charge in [0.1, 0.15) is 5.82 Å². The van der Waals surface area contributed by atoms with E-state index >= 15 is 0 Å². The number of carbonyl (C=O) groups is 1. The van der Waals surface area contributed by atoms with Gasteiger partial charge in [-0.05, 0) is 36.4 Å². The average Bonchev–Trinajstić information content (AvgIpc) is 3.20. The molecule has 0 atom stereocenters. The zero-order valence-corrected chi connectivity index (χ0v) is 12.9. The first-order valence-corrected chi connectivity index (χ1v) is 7.28. The number of hydrogen-bond acceptors (Lipinski definition) is 4. The molecule has 2 heterocycles. The van der Waals surface area contributed by atoms with E-state index < -0.39 is 0 Å². The Morgan fingerprint density at radius 3 is 2.71 bits per heavy atom. The monoisotopic (exact) mass is 330 g/mol. The second-order valence-corrected chi connectivity index (χ2v) is 5.13. The summed E-state index contributed by atoms with van der Waals surface area (Å²) in [6, 6.07) is 8.90. The Labute approximate surface area is 136 Å². The van der Waals surface area contributed by atoms with Crippen molar-refractivity contribution in [3.05, 3.63) is 64.7 Å². The van der Waals surface area contributed by atoms with Gasteiger partial charge in [-0.3, -0.25) is 9.36 Å². The van der Waals surface area contributed by atoms with E-state index in [-0.39, 0.29) is 36.3 Å². The number of carbonyl (C=O) groups excluding carboxylic acids is 1. The molecule has 3 aromatic rings. The minimum Gasteiger partial charge on any atom is -0.459 e. The average molecular weight is 330 g/mol. The Morgan fingerprint density at radius 1 is 1.29 bits per heavy atom. The number of aromatic nitrogens is 3. The molecule has 1 amide bonds. The smallest absolute Gasteiger partial charge is 0.345 e. The molecular weight excluding hydrogens is 315 g/mol. The molecule has 3 rings (SSSR count). The zero-order chi connectivity index (χ0) is 17.1. The molecule has 0 bridgehead atoms. The van der Waals surface area contributed by atoms with Crippen LogP contribution in [-0.4, -0.2) is 26.8 Å². The van der Waals surface area contributed by atoms with Gasteiger partial charge >= 0.3 is 5.69 Å². The lowest BCUT2D eigenvalue weighted by Gasteiger charge is -2.02. The van der Waals surface area contributed by atoms with Crippen LogP contribution in [0.5, 0.6) is 0 Å².